The van der Waals surface area contributed by atoms with Gasteiger partial charge >= 0.3 is 0 Å². The van der Waals surface area contributed by atoms with Crippen molar-refractivity contribution >= 4 is 29.1 Å². The van der Waals surface area contributed by atoms with Crippen LogP contribution in [0.2, 0.25) is 5.02 Å². The van der Waals surface area contributed by atoms with Crippen LogP contribution in [0.1, 0.15) is 80.8 Å². The quantitative estimate of drug-likeness (QED) is 0.438. The van der Waals surface area contributed by atoms with Crippen molar-refractivity contribution in [2.24, 2.45) is 5.73 Å². The van der Waals surface area contributed by atoms with Gasteiger partial charge in [0.25, 0.3) is 0 Å². The maximum atomic E-state index is 13.2. The molecule has 0 bridgehead atoms. The molecule has 0 aliphatic rings. The molecule has 2 amide bonds. The predicted octanol–water partition coefficient (Wildman–Crippen LogP) is 6.06. The maximum absolute atomic E-state index is 13.2. The van der Waals surface area contributed by atoms with E-state index in [4.69, 9.17) is 26.8 Å². The molecule has 33 heavy (non-hydrogen) atoms. The molecule has 0 radical (unpaired) electrons. The smallest absolute Gasteiger partial charge is 0.248 e. The fourth-order valence-corrected chi connectivity index (χ4v) is 4.15. The SMILES string of the molecule is CCCCC(CC(=O)Nc1cc(C(N)=O)ccc1C(C)(C)C)c1cc(Cl)c(OC)cc1OC. The minimum atomic E-state index is -0.538. The molecule has 6 nitrogen and oxygen atoms in total. The van der Waals surface area contributed by atoms with Crippen LogP contribution in [0.25, 0.3) is 0 Å². The van der Waals surface area contributed by atoms with Gasteiger partial charge in [-0.05, 0) is 47.1 Å². The van der Waals surface area contributed by atoms with Crippen molar-refractivity contribution in [2.45, 2.75) is 64.7 Å². The summed E-state index contributed by atoms with van der Waals surface area (Å²) in [4.78, 5) is 24.9. The molecule has 7 heteroatoms. The molecule has 0 heterocycles. The van der Waals surface area contributed by atoms with Crippen LogP contribution in [0.3, 0.4) is 0 Å². The van der Waals surface area contributed by atoms with Crippen LogP contribution in [0.5, 0.6) is 11.5 Å². The standard InChI is InChI=1S/C26H35ClN2O4/c1-7-8-9-16(18-14-20(27)23(33-6)15-22(18)32-5)13-24(30)29-21-12-17(25(28)31)10-11-19(21)26(2,3)4/h10-12,14-16H,7-9,13H2,1-6H3,(H2,28,31)(H,29,30). The molecule has 2 rings (SSSR count). The molecular weight excluding hydrogens is 440 g/mol. The number of carbonyl (C=O) groups excluding carboxylic acids is 2. The zero-order chi connectivity index (χ0) is 24.8. The summed E-state index contributed by atoms with van der Waals surface area (Å²) in [5.41, 5.74) is 7.98. The Labute approximate surface area is 201 Å². The van der Waals surface area contributed by atoms with E-state index in [0.29, 0.717) is 27.8 Å². The average Bonchev–Trinajstić information content (AvgIpc) is 2.75. The number of benzene rings is 2. The summed E-state index contributed by atoms with van der Waals surface area (Å²) in [5.74, 6) is 0.368. The van der Waals surface area contributed by atoms with Crippen molar-refractivity contribution in [1.29, 1.82) is 0 Å². The summed E-state index contributed by atoms with van der Waals surface area (Å²) in [5, 5.41) is 3.49. The fraction of sp³-hybridized carbons (Fsp3) is 0.462. The zero-order valence-electron chi connectivity index (χ0n) is 20.4. The van der Waals surface area contributed by atoms with Gasteiger partial charge in [0.05, 0.1) is 19.2 Å². The van der Waals surface area contributed by atoms with E-state index in [1.165, 1.54) is 0 Å². The van der Waals surface area contributed by atoms with Crippen LogP contribution >= 0.6 is 11.6 Å². The van der Waals surface area contributed by atoms with Crippen molar-refractivity contribution in [3.8, 4) is 11.5 Å². The first kappa shape index (κ1) is 26.5. The molecule has 0 saturated heterocycles. The summed E-state index contributed by atoms with van der Waals surface area (Å²) in [7, 11) is 3.14. The molecule has 1 atom stereocenters. The highest BCUT2D eigenvalue weighted by molar-refractivity contribution is 6.32. The topological polar surface area (TPSA) is 90.7 Å². The van der Waals surface area contributed by atoms with Crippen molar-refractivity contribution in [1.82, 2.24) is 0 Å². The highest BCUT2D eigenvalue weighted by atomic mass is 35.5. The largest absolute Gasteiger partial charge is 0.496 e. The molecule has 2 aromatic rings. The van der Waals surface area contributed by atoms with Gasteiger partial charge in [0.2, 0.25) is 11.8 Å². The first-order valence-corrected chi connectivity index (χ1v) is 11.5. The first-order valence-electron chi connectivity index (χ1n) is 11.2. The fourth-order valence-electron chi connectivity index (χ4n) is 3.90. The molecule has 2 aromatic carbocycles. The Bertz CT molecular complexity index is 999. The van der Waals surface area contributed by atoms with Crippen LogP contribution in [0.15, 0.2) is 30.3 Å². The molecule has 0 aliphatic carbocycles. The van der Waals surface area contributed by atoms with Gasteiger partial charge in [-0.2, -0.15) is 0 Å². The second kappa shape index (κ2) is 11.4. The third-order valence-corrected chi connectivity index (χ3v) is 5.96. The number of unbranched alkanes of at least 4 members (excludes halogenated alkanes) is 1. The van der Waals surface area contributed by atoms with Gasteiger partial charge in [0.1, 0.15) is 11.5 Å². The van der Waals surface area contributed by atoms with E-state index >= 15 is 0 Å². The monoisotopic (exact) mass is 474 g/mol. The van der Waals surface area contributed by atoms with Gasteiger partial charge in [-0.25, -0.2) is 0 Å². The Morgan fingerprint density at radius 3 is 2.30 bits per heavy atom. The number of nitrogens with two attached hydrogens (primary N) is 1. The summed E-state index contributed by atoms with van der Waals surface area (Å²) in [6.07, 6.45) is 2.99. The second-order valence-corrected chi connectivity index (χ2v) is 9.60. The third kappa shape index (κ3) is 6.87. The van der Waals surface area contributed by atoms with Crippen molar-refractivity contribution in [2.75, 3.05) is 19.5 Å². The van der Waals surface area contributed by atoms with E-state index < -0.39 is 5.91 Å². The van der Waals surface area contributed by atoms with Crippen molar-refractivity contribution in [3.05, 3.63) is 52.0 Å². The minimum Gasteiger partial charge on any atom is -0.496 e. The number of halogens is 1. The maximum Gasteiger partial charge on any atom is 0.248 e. The van der Waals surface area contributed by atoms with E-state index in [1.54, 1.807) is 32.4 Å². The van der Waals surface area contributed by atoms with E-state index in [1.807, 2.05) is 12.1 Å². The number of rotatable bonds is 10. The number of hydrogen-bond donors (Lipinski definition) is 2. The average molecular weight is 475 g/mol. The highest BCUT2D eigenvalue weighted by Gasteiger charge is 2.24. The van der Waals surface area contributed by atoms with Gasteiger partial charge in [0.15, 0.2) is 0 Å². The Morgan fingerprint density at radius 1 is 1.09 bits per heavy atom. The lowest BCUT2D eigenvalue weighted by molar-refractivity contribution is -0.116. The normalized spacial score (nSPS) is 12.2. The number of carbonyl (C=O) groups is 2. The lowest BCUT2D eigenvalue weighted by Gasteiger charge is -2.25. The van der Waals surface area contributed by atoms with E-state index in [2.05, 4.69) is 33.0 Å². The number of hydrogen-bond acceptors (Lipinski definition) is 4. The molecule has 180 valence electrons. The van der Waals surface area contributed by atoms with Gasteiger partial charge < -0.3 is 20.5 Å². The van der Waals surface area contributed by atoms with Crippen LogP contribution < -0.4 is 20.5 Å². The summed E-state index contributed by atoms with van der Waals surface area (Å²) >= 11 is 6.40. The van der Waals surface area contributed by atoms with E-state index in [9.17, 15) is 9.59 Å². The lowest BCUT2D eigenvalue weighted by atomic mass is 9.84. The van der Waals surface area contributed by atoms with E-state index in [-0.39, 0.29) is 23.7 Å². The number of nitrogens with one attached hydrogen (secondary N) is 1. The third-order valence-electron chi connectivity index (χ3n) is 5.67. The predicted molar refractivity (Wildman–Crippen MR) is 134 cm³/mol. The number of amides is 2. The molecule has 0 fully saturated rings. The Morgan fingerprint density at radius 2 is 1.76 bits per heavy atom. The van der Waals surface area contributed by atoms with Gasteiger partial charge in [0, 0.05) is 23.7 Å². The summed E-state index contributed by atoms with van der Waals surface area (Å²) < 4.78 is 10.9. The van der Waals surface area contributed by atoms with Gasteiger partial charge in [-0.15, -0.1) is 0 Å². The van der Waals surface area contributed by atoms with Crippen molar-refractivity contribution in [3.63, 3.8) is 0 Å². The summed E-state index contributed by atoms with van der Waals surface area (Å²) in [6.45, 7) is 8.27. The number of ether oxygens (including phenoxy) is 2. The van der Waals surface area contributed by atoms with Gasteiger partial charge in [-0.1, -0.05) is 58.2 Å². The van der Waals surface area contributed by atoms with Crippen LogP contribution in [-0.2, 0) is 10.2 Å². The highest BCUT2D eigenvalue weighted by Crippen LogP contribution is 2.40. The molecule has 0 aliphatic heterocycles. The van der Waals surface area contributed by atoms with Crippen molar-refractivity contribution < 1.29 is 19.1 Å². The number of methoxy groups -OCH3 is 2. The zero-order valence-corrected chi connectivity index (χ0v) is 21.1. The Balaban J connectivity index is 2.39. The van der Waals surface area contributed by atoms with E-state index in [0.717, 1.165) is 30.4 Å². The molecule has 3 N–H and O–H groups in total. The molecule has 0 saturated carbocycles. The van der Waals surface area contributed by atoms with Crippen LogP contribution in [-0.4, -0.2) is 26.0 Å². The first-order chi connectivity index (χ1) is 15.5. The number of anilines is 1. The lowest BCUT2D eigenvalue weighted by Crippen LogP contribution is -2.22. The van der Waals surface area contributed by atoms with Crippen LogP contribution in [0.4, 0.5) is 5.69 Å². The summed E-state index contributed by atoms with van der Waals surface area (Å²) in [6, 6.07) is 8.75. The Kier molecular flexibility index (Phi) is 9.17. The van der Waals surface area contributed by atoms with Crippen LogP contribution in [0, 0.1) is 0 Å². The molecule has 1 unspecified atom stereocenters. The minimum absolute atomic E-state index is 0.0966. The Hall–Kier alpha value is -2.73. The molecule has 0 aromatic heterocycles. The molecular formula is C26H35ClN2O4. The number of primary amides is 1. The second-order valence-electron chi connectivity index (χ2n) is 9.19. The molecule has 0 spiro atoms. The van der Waals surface area contributed by atoms with Gasteiger partial charge in [-0.3, -0.25) is 9.59 Å².